The first-order valence-corrected chi connectivity index (χ1v) is 7.53. The molecule has 2 aromatic rings. The smallest absolute Gasteiger partial charge is 0.315 e. The summed E-state index contributed by atoms with van der Waals surface area (Å²) >= 11 is 0. The molecule has 2 amide bonds. The highest BCUT2D eigenvalue weighted by atomic mass is 16.5. The van der Waals surface area contributed by atoms with E-state index >= 15 is 0 Å². The van der Waals surface area contributed by atoms with Crippen LogP contribution in [0.25, 0.3) is 0 Å². The van der Waals surface area contributed by atoms with Crippen LogP contribution in [0.5, 0.6) is 0 Å². The molecule has 1 heterocycles. The normalized spacial score (nSPS) is 12.2. The summed E-state index contributed by atoms with van der Waals surface area (Å²) in [6, 6.07) is 6.73. The van der Waals surface area contributed by atoms with E-state index in [1.54, 1.807) is 6.92 Å². The van der Waals surface area contributed by atoms with Crippen LogP contribution in [0.2, 0.25) is 0 Å². The van der Waals surface area contributed by atoms with Crippen molar-refractivity contribution < 1.29 is 14.4 Å². The van der Waals surface area contributed by atoms with Gasteiger partial charge in [-0.15, -0.1) is 0 Å². The Bertz CT molecular complexity index is 654. The number of carbonyl (C=O) groups excluding carboxylic acids is 1. The fourth-order valence-corrected chi connectivity index (χ4v) is 2.20. The Balaban J connectivity index is 1.97. The molecule has 7 nitrogen and oxygen atoms in total. The van der Waals surface area contributed by atoms with Crippen molar-refractivity contribution in [3.63, 3.8) is 0 Å². The van der Waals surface area contributed by atoms with Crippen LogP contribution in [0, 0.1) is 12.8 Å². The number of carbonyl (C=O) groups is 1. The summed E-state index contributed by atoms with van der Waals surface area (Å²) in [5.41, 5.74) is 1.67. The van der Waals surface area contributed by atoms with Gasteiger partial charge in [0.1, 0.15) is 6.04 Å². The van der Waals surface area contributed by atoms with E-state index in [2.05, 4.69) is 20.8 Å². The number of nitrogens with one attached hydrogen (secondary N) is 2. The molecule has 1 aromatic heterocycles. The molecule has 0 bridgehead atoms. The first-order valence-electron chi connectivity index (χ1n) is 7.53. The van der Waals surface area contributed by atoms with Crippen LogP contribution in [-0.2, 0) is 13.2 Å². The monoisotopic (exact) mass is 318 g/mol. The number of aliphatic hydroxyl groups is 1. The number of amides is 2. The van der Waals surface area contributed by atoms with Crippen LogP contribution < -0.4 is 10.6 Å². The highest BCUT2D eigenvalue weighted by Crippen LogP contribution is 2.19. The third-order valence-electron chi connectivity index (χ3n) is 3.49. The highest BCUT2D eigenvalue weighted by Gasteiger charge is 2.23. The fraction of sp³-hybridized carbons (Fsp3) is 0.438. The Kier molecular flexibility index (Phi) is 5.70. The van der Waals surface area contributed by atoms with Gasteiger partial charge < -0.3 is 20.3 Å². The number of benzene rings is 1. The molecule has 2 rings (SSSR count). The lowest BCUT2D eigenvalue weighted by Gasteiger charge is -2.19. The summed E-state index contributed by atoms with van der Waals surface area (Å²) < 4.78 is 5.15. The average Bonchev–Trinajstić information content (AvgIpc) is 2.96. The quantitative estimate of drug-likeness (QED) is 0.757. The highest BCUT2D eigenvalue weighted by molar-refractivity contribution is 5.74. The van der Waals surface area contributed by atoms with Gasteiger partial charge in [0, 0.05) is 6.54 Å². The second kappa shape index (κ2) is 7.73. The maximum Gasteiger partial charge on any atom is 0.315 e. The third kappa shape index (κ3) is 4.53. The molecular weight excluding hydrogens is 296 g/mol. The number of hydrogen-bond acceptors (Lipinski definition) is 5. The number of nitrogens with zero attached hydrogens (tertiary/aromatic N) is 2. The van der Waals surface area contributed by atoms with E-state index in [1.165, 1.54) is 0 Å². The van der Waals surface area contributed by atoms with E-state index < -0.39 is 0 Å². The zero-order chi connectivity index (χ0) is 16.8. The van der Waals surface area contributed by atoms with Crippen molar-refractivity contribution >= 4 is 6.03 Å². The summed E-state index contributed by atoms with van der Waals surface area (Å²) in [5.74, 6) is 1.03. The summed E-state index contributed by atoms with van der Waals surface area (Å²) in [6.45, 7) is 5.93. The van der Waals surface area contributed by atoms with Crippen LogP contribution >= 0.6 is 0 Å². The van der Waals surface area contributed by atoms with Crippen molar-refractivity contribution in [1.82, 2.24) is 20.8 Å². The van der Waals surface area contributed by atoms with Crippen molar-refractivity contribution in [2.45, 2.75) is 40.0 Å². The van der Waals surface area contributed by atoms with Crippen LogP contribution in [0.1, 0.15) is 42.7 Å². The summed E-state index contributed by atoms with van der Waals surface area (Å²) in [7, 11) is 0. The minimum Gasteiger partial charge on any atom is -0.392 e. The Morgan fingerprint density at radius 1 is 1.30 bits per heavy atom. The predicted octanol–water partition coefficient (Wildman–Crippen LogP) is 2.07. The molecular formula is C16H22N4O3. The van der Waals surface area contributed by atoms with Crippen LogP contribution in [0.15, 0.2) is 28.8 Å². The van der Waals surface area contributed by atoms with Crippen molar-refractivity contribution in [3.8, 4) is 0 Å². The molecule has 0 spiro atoms. The molecule has 0 aliphatic heterocycles. The second-order valence-electron chi connectivity index (χ2n) is 5.66. The minimum atomic E-state index is -0.357. The van der Waals surface area contributed by atoms with Crippen LogP contribution in [0.4, 0.5) is 4.79 Å². The molecule has 1 unspecified atom stereocenters. The fourth-order valence-electron chi connectivity index (χ4n) is 2.20. The summed E-state index contributed by atoms with van der Waals surface area (Å²) in [4.78, 5) is 16.3. The lowest BCUT2D eigenvalue weighted by Crippen LogP contribution is -2.39. The van der Waals surface area contributed by atoms with Crippen molar-refractivity contribution in [2.24, 2.45) is 5.92 Å². The molecule has 0 aliphatic rings. The number of rotatable bonds is 6. The summed E-state index contributed by atoms with van der Waals surface area (Å²) in [6.07, 6.45) is 0. The van der Waals surface area contributed by atoms with E-state index in [0.717, 1.165) is 11.1 Å². The van der Waals surface area contributed by atoms with Crippen molar-refractivity contribution in [1.29, 1.82) is 0 Å². The molecule has 0 fully saturated rings. The molecule has 23 heavy (non-hydrogen) atoms. The van der Waals surface area contributed by atoms with Crippen molar-refractivity contribution in [2.75, 3.05) is 0 Å². The molecule has 1 atom stereocenters. The first kappa shape index (κ1) is 17.0. The SMILES string of the molecule is Cc1noc(C(NC(=O)NCc2ccccc2CO)C(C)C)n1. The lowest BCUT2D eigenvalue weighted by atomic mass is 10.0. The topological polar surface area (TPSA) is 100 Å². The molecule has 124 valence electrons. The molecule has 1 aromatic carbocycles. The van der Waals surface area contributed by atoms with Crippen LogP contribution in [-0.4, -0.2) is 21.3 Å². The Hall–Kier alpha value is -2.41. The first-order chi connectivity index (χ1) is 11.0. The van der Waals surface area contributed by atoms with E-state index in [-0.39, 0.29) is 24.6 Å². The Morgan fingerprint density at radius 3 is 2.57 bits per heavy atom. The van der Waals surface area contributed by atoms with Gasteiger partial charge >= 0.3 is 6.03 Å². The van der Waals surface area contributed by atoms with Gasteiger partial charge in [-0.2, -0.15) is 4.98 Å². The Labute approximate surface area is 135 Å². The molecule has 7 heteroatoms. The molecule has 0 radical (unpaired) electrons. The number of aromatic nitrogens is 2. The van der Waals surface area contributed by atoms with E-state index in [4.69, 9.17) is 4.52 Å². The maximum atomic E-state index is 12.1. The van der Waals surface area contributed by atoms with Gasteiger partial charge in [-0.05, 0) is 24.0 Å². The van der Waals surface area contributed by atoms with Gasteiger partial charge in [0.25, 0.3) is 0 Å². The minimum absolute atomic E-state index is 0.0602. The van der Waals surface area contributed by atoms with Crippen molar-refractivity contribution in [3.05, 3.63) is 47.1 Å². The van der Waals surface area contributed by atoms with E-state index in [0.29, 0.717) is 18.3 Å². The summed E-state index contributed by atoms with van der Waals surface area (Å²) in [5, 5.41) is 18.7. The predicted molar refractivity (Wildman–Crippen MR) is 84.4 cm³/mol. The molecule has 0 aliphatic carbocycles. The van der Waals surface area contributed by atoms with Gasteiger partial charge in [0.2, 0.25) is 5.89 Å². The maximum absolute atomic E-state index is 12.1. The Morgan fingerprint density at radius 2 is 2.00 bits per heavy atom. The standard InChI is InChI=1S/C16H22N4O3/c1-10(2)14(15-18-11(3)20-23-15)19-16(22)17-8-12-6-4-5-7-13(12)9-21/h4-7,10,14,21H,8-9H2,1-3H3,(H2,17,19,22). The van der Waals surface area contributed by atoms with Gasteiger partial charge in [0.15, 0.2) is 5.82 Å². The number of hydrogen-bond donors (Lipinski definition) is 3. The van der Waals surface area contributed by atoms with E-state index in [9.17, 15) is 9.90 Å². The average molecular weight is 318 g/mol. The molecule has 0 saturated heterocycles. The zero-order valence-electron chi connectivity index (χ0n) is 13.5. The number of aliphatic hydroxyl groups excluding tert-OH is 1. The van der Waals surface area contributed by atoms with Crippen LogP contribution in [0.3, 0.4) is 0 Å². The third-order valence-corrected chi connectivity index (χ3v) is 3.49. The number of urea groups is 1. The van der Waals surface area contributed by atoms with Gasteiger partial charge in [-0.3, -0.25) is 0 Å². The number of aryl methyl sites for hydroxylation is 1. The lowest BCUT2D eigenvalue weighted by molar-refractivity contribution is 0.224. The van der Waals surface area contributed by atoms with Gasteiger partial charge in [0.05, 0.1) is 6.61 Å². The molecule has 3 N–H and O–H groups in total. The van der Waals surface area contributed by atoms with Gasteiger partial charge in [-0.25, -0.2) is 4.79 Å². The zero-order valence-corrected chi connectivity index (χ0v) is 13.5. The van der Waals surface area contributed by atoms with E-state index in [1.807, 2.05) is 38.1 Å². The second-order valence-corrected chi connectivity index (χ2v) is 5.66. The van der Waals surface area contributed by atoms with Gasteiger partial charge in [-0.1, -0.05) is 43.3 Å². The molecule has 0 saturated carbocycles. The largest absolute Gasteiger partial charge is 0.392 e.